The van der Waals surface area contributed by atoms with Crippen LogP contribution in [0.5, 0.6) is 11.5 Å². The van der Waals surface area contributed by atoms with E-state index in [0.717, 1.165) is 17.1 Å². The molecule has 1 aromatic heterocycles. The number of likely N-dealkylation sites (N-methyl/N-ethyl adjacent to an activating group) is 1. The second-order valence-electron chi connectivity index (χ2n) is 5.84. The Bertz CT molecular complexity index is 728. The molecule has 24 heavy (non-hydrogen) atoms. The van der Waals surface area contributed by atoms with Crippen LogP contribution in [0.2, 0.25) is 0 Å². The van der Waals surface area contributed by atoms with E-state index in [1.54, 1.807) is 13.0 Å². The minimum atomic E-state index is -0.271. The molecule has 2 heterocycles. The van der Waals surface area contributed by atoms with Crippen molar-refractivity contribution < 1.29 is 18.8 Å². The van der Waals surface area contributed by atoms with Gasteiger partial charge in [-0.15, -0.1) is 0 Å². The van der Waals surface area contributed by atoms with E-state index in [1.165, 1.54) is 0 Å². The molecule has 0 unspecified atom stereocenters. The highest BCUT2D eigenvalue weighted by molar-refractivity contribution is 5.93. The molecule has 2 aromatic rings. The molecule has 0 aliphatic carbocycles. The monoisotopic (exact) mass is 331 g/mol. The van der Waals surface area contributed by atoms with Gasteiger partial charge in [0, 0.05) is 12.6 Å². The number of fused-ring (bicyclic) bond motifs is 1. The molecule has 1 N–H and O–H groups in total. The van der Waals surface area contributed by atoms with Crippen molar-refractivity contribution >= 4 is 11.7 Å². The summed E-state index contributed by atoms with van der Waals surface area (Å²) in [5, 5.41) is 6.59. The van der Waals surface area contributed by atoms with Crippen molar-refractivity contribution in [1.82, 2.24) is 10.1 Å². The van der Waals surface area contributed by atoms with Crippen LogP contribution in [0, 0.1) is 6.92 Å². The Labute approximate surface area is 140 Å². The molecule has 1 aliphatic rings. The molecule has 0 saturated carbocycles. The highest BCUT2D eigenvalue weighted by Crippen LogP contribution is 2.32. The average molecular weight is 331 g/mol. The topological polar surface area (TPSA) is 76.8 Å². The van der Waals surface area contributed by atoms with Gasteiger partial charge in [0.05, 0.1) is 6.04 Å². The van der Waals surface area contributed by atoms with Gasteiger partial charge >= 0.3 is 0 Å². The van der Waals surface area contributed by atoms with Gasteiger partial charge < -0.3 is 19.3 Å². The van der Waals surface area contributed by atoms with E-state index < -0.39 is 0 Å². The maximum Gasteiger partial charge on any atom is 0.242 e. The quantitative estimate of drug-likeness (QED) is 0.876. The highest BCUT2D eigenvalue weighted by Gasteiger charge is 2.23. The largest absolute Gasteiger partial charge is 0.454 e. The van der Waals surface area contributed by atoms with Crippen molar-refractivity contribution in [2.75, 3.05) is 19.2 Å². The Kier molecular flexibility index (Phi) is 4.71. The molecule has 1 aromatic carbocycles. The Hall–Kier alpha value is -2.54. The van der Waals surface area contributed by atoms with Crippen LogP contribution < -0.4 is 14.8 Å². The predicted octanol–water partition coefficient (Wildman–Crippen LogP) is 2.56. The zero-order valence-corrected chi connectivity index (χ0v) is 14.0. The van der Waals surface area contributed by atoms with Crippen LogP contribution in [-0.2, 0) is 11.3 Å². The van der Waals surface area contributed by atoms with Crippen molar-refractivity contribution in [1.29, 1.82) is 0 Å². The van der Waals surface area contributed by atoms with E-state index in [9.17, 15) is 4.79 Å². The molecule has 0 saturated heterocycles. The van der Waals surface area contributed by atoms with Crippen molar-refractivity contribution in [3.63, 3.8) is 0 Å². The number of hydrogen-bond donors (Lipinski definition) is 1. The molecular weight excluding hydrogens is 310 g/mol. The first kappa shape index (κ1) is 16.3. The summed E-state index contributed by atoms with van der Waals surface area (Å²) in [4.78, 5) is 14.5. The molecular formula is C17H21N3O4. The summed E-state index contributed by atoms with van der Waals surface area (Å²) in [6, 6.07) is 7.25. The fourth-order valence-corrected chi connectivity index (χ4v) is 2.77. The van der Waals surface area contributed by atoms with Gasteiger partial charge in [-0.1, -0.05) is 18.1 Å². The molecule has 7 nitrogen and oxygen atoms in total. The summed E-state index contributed by atoms with van der Waals surface area (Å²) in [5.74, 6) is 2.50. The number of anilines is 1. The van der Waals surface area contributed by atoms with E-state index in [4.69, 9.17) is 14.0 Å². The third-order valence-corrected chi connectivity index (χ3v) is 3.97. The van der Waals surface area contributed by atoms with Crippen LogP contribution in [0.25, 0.3) is 0 Å². The van der Waals surface area contributed by atoms with Gasteiger partial charge in [0.2, 0.25) is 12.7 Å². The average Bonchev–Trinajstić information content (AvgIpc) is 3.16. The van der Waals surface area contributed by atoms with Gasteiger partial charge in [0.15, 0.2) is 17.3 Å². The maximum atomic E-state index is 12.5. The second-order valence-corrected chi connectivity index (χ2v) is 5.84. The molecule has 7 heteroatoms. The maximum absolute atomic E-state index is 12.5. The van der Waals surface area contributed by atoms with Crippen molar-refractivity contribution in [2.24, 2.45) is 0 Å². The first-order chi connectivity index (χ1) is 11.6. The van der Waals surface area contributed by atoms with Gasteiger partial charge in [0.1, 0.15) is 5.76 Å². The molecule has 1 amide bonds. The minimum Gasteiger partial charge on any atom is -0.454 e. The van der Waals surface area contributed by atoms with E-state index >= 15 is 0 Å². The standard InChI is InChI=1S/C17H21N3O4/c1-4-13(17(21)18-16-7-11(2)24-19-16)20(3)9-12-5-6-14-15(8-12)23-10-22-14/h5-8,13H,4,9-10H2,1-3H3,(H,18,19,21)/t13-/m0/s1. The van der Waals surface area contributed by atoms with Crippen LogP contribution >= 0.6 is 0 Å². The second kappa shape index (κ2) is 6.92. The normalized spacial score (nSPS) is 14.0. The predicted molar refractivity (Wildman–Crippen MR) is 88.0 cm³/mol. The van der Waals surface area contributed by atoms with E-state index in [2.05, 4.69) is 10.5 Å². The molecule has 128 valence electrons. The Morgan fingerprint density at radius 2 is 2.12 bits per heavy atom. The van der Waals surface area contributed by atoms with Gasteiger partial charge in [0.25, 0.3) is 0 Å². The number of ether oxygens (including phenoxy) is 2. The highest BCUT2D eigenvalue weighted by atomic mass is 16.7. The Morgan fingerprint density at radius 3 is 2.83 bits per heavy atom. The molecule has 1 aliphatic heterocycles. The zero-order valence-electron chi connectivity index (χ0n) is 14.0. The van der Waals surface area contributed by atoms with Crippen LogP contribution in [0.15, 0.2) is 28.8 Å². The first-order valence-corrected chi connectivity index (χ1v) is 7.89. The van der Waals surface area contributed by atoms with Crippen LogP contribution in [-0.4, -0.2) is 35.8 Å². The van der Waals surface area contributed by atoms with Gasteiger partial charge in [-0.2, -0.15) is 0 Å². The number of amides is 1. The number of aryl methyl sites for hydroxylation is 1. The van der Waals surface area contributed by atoms with E-state index in [1.807, 2.05) is 37.1 Å². The molecule has 3 rings (SSSR count). The Morgan fingerprint density at radius 1 is 1.33 bits per heavy atom. The number of aromatic nitrogens is 1. The molecule has 0 bridgehead atoms. The summed E-state index contributed by atoms with van der Waals surface area (Å²) >= 11 is 0. The van der Waals surface area contributed by atoms with Crippen molar-refractivity contribution in [2.45, 2.75) is 32.9 Å². The fourth-order valence-electron chi connectivity index (χ4n) is 2.77. The minimum absolute atomic E-state index is 0.103. The number of nitrogens with zero attached hydrogens (tertiary/aromatic N) is 2. The van der Waals surface area contributed by atoms with Crippen LogP contribution in [0.1, 0.15) is 24.7 Å². The van der Waals surface area contributed by atoms with Crippen molar-refractivity contribution in [3.8, 4) is 11.5 Å². The number of rotatable bonds is 6. The first-order valence-electron chi connectivity index (χ1n) is 7.89. The Balaban J connectivity index is 1.65. The third kappa shape index (κ3) is 3.51. The number of benzene rings is 1. The lowest BCUT2D eigenvalue weighted by Gasteiger charge is -2.25. The summed E-state index contributed by atoms with van der Waals surface area (Å²) in [5.41, 5.74) is 1.06. The smallest absolute Gasteiger partial charge is 0.242 e. The number of carbonyl (C=O) groups excluding carboxylic acids is 1. The lowest BCUT2D eigenvalue weighted by molar-refractivity contribution is -0.121. The van der Waals surface area contributed by atoms with E-state index in [0.29, 0.717) is 24.5 Å². The zero-order chi connectivity index (χ0) is 17.1. The molecule has 1 atom stereocenters. The SMILES string of the molecule is CC[C@@H](C(=O)Nc1cc(C)on1)N(C)Cc1ccc2c(c1)OCO2. The summed E-state index contributed by atoms with van der Waals surface area (Å²) in [6.07, 6.45) is 0.684. The number of nitrogens with one attached hydrogen (secondary N) is 1. The molecule has 0 fully saturated rings. The number of hydrogen-bond acceptors (Lipinski definition) is 6. The lowest BCUT2D eigenvalue weighted by atomic mass is 10.1. The summed E-state index contributed by atoms with van der Waals surface area (Å²) in [7, 11) is 1.92. The summed E-state index contributed by atoms with van der Waals surface area (Å²) < 4.78 is 15.7. The third-order valence-electron chi connectivity index (χ3n) is 3.97. The fraction of sp³-hybridized carbons (Fsp3) is 0.412. The summed E-state index contributed by atoms with van der Waals surface area (Å²) in [6.45, 7) is 4.65. The van der Waals surface area contributed by atoms with Crippen LogP contribution in [0.4, 0.5) is 5.82 Å². The van der Waals surface area contributed by atoms with Gasteiger partial charge in [-0.25, -0.2) is 0 Å². The molecule has 0 radical (unpaired) electrons. The lowest BCUT2D eigenvalue weighted by Crippen LogP contribution is -2.41. The van der Waals surface area contributed by atoms with E-state index in [-0.39, 0.29) is 18.7 Å². The van der Waals surface area contributed by atoms with Gasteiger partial charge in [-0.3, -0.25) is 9.69 Å². The van der Waals surface area contributed by atoms with Crippen molar-refractivity contribution in [3.05, 3.63) is 35.6 Å². The molecule has 0 spiro atoms. The number of carbonyl (C=O) groups is 1. The van der Waals surface area contributed by atoms with Gasteiger partial charge in [-0.05, 0) is 38.1 Å². The van der Waals surface area contributed by atoms with Crippen LogP contribution in [0.3, 0.4) is 0 Å².